The van der Waals surface area contributed by atoms with Crippen molar-refractivity contribution < 1.29 is 47.3 Å². The zero-order valence-electron chi connectivity index (χ0n) is 19.4. The fourth-order valence-electron chi connectivity index (χ4n) is 2.60. The molecule has 0 aliphatic carbocycles. The van der Waals surface area contributed by atoms with Gasteiger partial charge in [-0.1, -0.05) is 65.8 Å². The van der Waals surface area contributed by atoms with Crippen LogP contribution in [0.15, 0.2) is 48.5 Å². The number of rotatable bonds is 5. The van der Waals surface area contributed by atoms with Crippen molar-refractivity contribution in [2.45, 2.75) is 71.4 Å². The molecular weight excluding hydrogens is 552 g/mol. The van der Waals surface area contributed by atoms with Gasteiger partial charge in [-0.05, 0) is 52.6 Å². The lowest BCUT2D eigenvalue weighted by molar-refractivity contribution is -0.597. The third kappa shape index (κ3) is 12.2. The maximum atomic E-state index is 11.3. The summed E-state index contributed by atoms with van der Waals surface area (Å²) in [4.78, 5) is 0. The lowest BCUT2D eigenvalue weighted by atomic mass is 9.87. The highest BCUT2D eigenvalue weighted by Crippen LogP contribution is 2.22. The van der Waals surface area contributed by atoms with Crippen LogP contribution in [0, 0.1) is 7.14 Å². The van der Waals surface area contributed by atoms with Crippen molar-refractivity contribution in [1.82, 2.24) is 0 Å². The molecule has 0 saturated carbocycles. The molecule has 0 aromatic heterocycles. The molecule has 0 fully saturated rings. The molecular formula is C24H32F3IO3S. The van der Waals surface area contributed by atoms with Crippen LogP contribution in [0.25, 0.3) is 0 Å². The molecule has 0 radical (unpaired) electrons. The highest BCUT2D eigenvalue weighted by Gasteiger charge is 2.26. The molecule has 0 amide bonds. The molecule has 0 spiro atoms. The quantitative estimate of drug-likeness (QED) is 0.401. The average Bonchev–Trinajstić information content (AvgIpc) is 2.59. The summed E-state index contributed by atoms with van der Waals surface area (Å²) < 4.78 is 66.4. The third-order valence-corrected chi connectivity index (χ3v) is 7.97. The van der Waals surface area contributed by atoms with E-state index >= 15 is 0 Å². The van der Waals surface area contributed by atoms with Gasteiger partial charge in [0.05, 0.1) is 10.1 Å². The minimum atomic E-state index is -4.50. The third-order valence-electron chi connectivity index (χ3n) is 4.49. The Bertz CT molecular complexity index is 883. The van der Waals surface area contributed by atoms with Gasteiger partial charge in [0.25, 0.3) is 0 Å². The number of benzene rings is 2. The number of hydrogen-bond donors (Lipinski definition) is 0. The van der Waals surface area contributed by atoms with Crippen molar-refractivity contribution in [3.63, 3.8) is 0 Å². The highest BCUT2D eigenvalue weighted by atomic mass is 127. The standard InChI is InChI=1S/C20H26I.C4H7F3O3S/c1-19(2,3)15-7-11-17(12-8-15)21-18-13-9-16(10-14-18)20(4,5)6;5-4(6,7)2-1-3-11(8,9)10/h7-14H,1-6H3;1-3H2,(H,8,9,10)/q+1;/p-1. The average molecular weight is 584 g/mol. The van der Waals surface area contributed by atoms with Crippen LogP contribution in [0.2, 0.25) is 0 Å². The lowest BCUT2D eigenvalue weighted by Gasteiger charge is -2.18. The Hall–Kier alpha value is -1.13. The van der Waals surface area contributed by atoms with Crippen molar-refractivity contribution >= 4 is 10.1 Å². The fourth-order valence-corrected chi connectivity index (χ4v) is 5.26. The van der Waals surface area contributed by atoms with Crippen molar-refractivity contribution in [2.75, 3.05) is 5.75 Å². The SMILES string of the molecule is CC(C)(C)c1ccc([I+]c2ccc(C(C)(C)C)cc2)cc1.O=S(=O)([O-])CCCC(F)(F)F. The molecule has 0 unspecified atom stereocenters. The molecule has 0 bridgehead atoms. The van der Waals surface area contributed by atoms with E-state index in [0.29, 0.717) is 0 Å². The Balaban J connectivity index is 0.000000396. The minimum absolute atomic E-state index is 0.0703. The molecule has 2 rings (SSSR count). The van der Waals surface area contributed by atoms with Crippen LogP contribution in [-0.4, -0.2) is 24.9 Å². The van der Waals surface area contributed by atoms with Gasteiger partial charge in [-0.3, -0.25) is 0 Å². The van der Waals surface area contributed by atoms with Crippen molar-refractivity contribution in [3.8, 4) is 0 Å². The Kier molecular flexibility index (Phi) is 10.2. The van der Waals surface area contributed by atoms with Gasteiger partial charge < -0.3 is 4.55 Å². The van der Waals surface area contributed by atoms with E-state index in [0.717, 1.165) is 0 Å². The molecule has 180 valence electrons. The van der Waals surface area contributed by atoms with E-state index in [4.69, 9.17) is 0 Å². The summed E-state index contributed by atoms with van der Waals surface area (Å²) in [6, 6.07) is 18.4. The van der Waals surface area contributed by atoms with E-state index in [1.807, 2.05) is 0 Å². The number of alkyl halides is 3. The van der Waals surface area contributed by atoms with Crippen LogP contribution in [0.3, 0.4) is 0 Å². The number of halogens is 4. The van der Waals surface area contributed by atoms with E-state index in [1.165, 1.54) is 18.3 Å². The van der Waals surface area contributed by atoms with Crippen LogP contribution in [0.4, 0.5) is 13.2 Å². The molecule has 8 heteroatoms. The van der Waals surface area contributed by atoms with Crippen LogP contribution < -0.4 is 21.2 Å². The summed E-state index contributed by atoms with van der Waals surface area (Å²) in [7, 11) is -4.50. The van der Waals surface area contributed by atoms with Crippen molar-refractivity contribution in [3.05, 3.63) is 66.8 Å². The topological polar surface area (TPSA) is 57.2 Å². The molecule has 0 atom stereocenters. The largest absolute Gasteiger partial charge is 0.748 e. The minimum Gasteiger partial charge on any atom is -0.748 e. The Morgan fingerprint density at radius 3 is 1.34 bits per heavy atom. The lowest BCUT2D eigenvalue weighted by Crippen LogP contribution is -3.61. The van der Waals surface area contributed by atoms with Crippen LogP contribution in [0.5, 0.6) is 0 Å². The Morgan fingerprint density at radius 2 is 1.09 bits per heavy atom. The molecule has 2 aromatic rings. The summed E-state index contributed by atoms with van der Waals surface area (Å²) in [6.07, 6.45) is -6.27. The van der Waals surface area contributed by atoms with E-state index in [1.54, 1.807) is 0 Å². The normalized spacial score (nSPS) is 12.8. The van der Waals surface area contributed by atoms with Gasteiger partial charge in [0, 0.05) is 12.2 Å². The van der Waals surface area contributed by atoms with Gasteiger partial charge in [0.2, 0.25) is 0 Å². The van der Waals surface area contributed by atoms with Gasteiger partial charge in [-0.2, -0.15) is 13.2 Å². The van der Waals surface area contributed by atoms with Crippen LogP contribution in [0.1, 0.15) is 65.5 Å². The smallest absolute Gasteiger partial charge is 0.389 e. The first-order chi connectivity index (χ1) is 14.4. The second-order valence-electron chi connectivity index (χ2n) is 9.59. The van der Waals surface area contributed by atoms with Gasteiger partial charge in [-0.15, -0.1) is 0 Å². The van der Waals surface area contributed by atoms with Gasteiger partial charge >= 0.3 is 27.4 Å². The molecule has 32 heavy (non-hydrogen) atoms. The predicted octanol–water partition coefficient (Wildman–Crippen LogP) is 3.28. The van der Waals surface area contributed by atoms with Crippen molar-refractivity contribution in [1.29, 1.82) is 0 Å². The predicted molar refractivity (Wildman–Crippen MR) is 118 cm³/mol. The zero-order valence-corrected chi connectivity index (χ0v) is 22.4. The van der Waals surface area contributed by atoms with E-state index < -0.39 is 34.9 Å². The Labute approximate surface area is 200 Å². The molecule has 0 aliphatic rings. The summed E-state index contributed by atoms with van der Waals surface area (Å²) in [5.41, 5.74) is 3.31. The first-order valence-corrected chi connectivity index (χ1v) is 14.0. The fraction of sp³-hybridized carbons (Fsp3) is 0.500. The molecule has 0 aliphatic heterocycles. The Morgan fingerprint density at radius 1 is 0.750 bits per heavy atom. The molecule has 3 nitrogen and oxygen atoms in total. The van der Waals surface area contributed by atoms with Crippen molar-refractivity contribution in [2.24, 2.45) is 0 Å². The molecule has 0 heterocycles. The second kappa shape index (κ2) is 11.3. The summed E-state index contributed by atoms with van der Waals surface area (Å²) in [6.45, 7) is 13.6. The molecule has 2 aromatic carbocycles. The first kappa shape index (κ1) is 28.9. The van der Waals surface area contributed by atoms with E-state index in [-0.39, 0.29) is 32.0 Å². The van der Waals surface area contributed by atoms with E-state index in [2.05, 4.69) is 90.1 Å². The van der Waals surface area contributed by atoms with Gasteiger partial charge in [0.1, 0.15) is 0 Å². The second-order valence-corrected chi connectivity index (χ2v) is 14.1. The van der Waals surface area contributed by atoms with Crippen LogP contribution in [-0.2, 0) is 20.9 Å². The first-order valence-electron chi connectivity index (χ1n) is 10.2. The maximum absolute atomic E-state index is 11.3. The summed E-state index contributed by atoms with van der Waals surface area (Å²) in [5.74, 6) is -0.952. The zero-order chi connectivity index (χ0) is 24.8. The number of hydrogen-bond acceptors (Lipinski definition) is 3. The monoisotopic (exact) mass is 584 g/mol. The molecule has 0 N–H and O–H groups in total. The van der Waals surface area contributed by atoms with Gasteiger partial charge in [-0.25, -0.2) is 8.42 Å². The maximum Gasteiger partial charge on any atom is 0.389 e. The highest BCUT2D eigenvalue weighted by molar-refractivity contribution is 7.85. The molecule has 0 saturated heterocycles. The van der Waals surface area contributed by atoms with E-state index in [9.17, 15) is 26.1 Å². The summed E-state index contributed by atoms with van der Waals surface area (Å²) >= 11 is -0.0703. The summed E-state index contributed by atoms with van der Waals surface area (Å²) in [5, 5.41) is 0. The van der Waals surface area contributed by atoms with Crippen LogP contribution >= 0.6 is 0 Å². The van der Waals surface area contributed by atoms with Gasteiger partial charge in [0.15, 0.2) is 7.14 Å².